The van der Waals surface area contributed by atoms with E-state index in [2.05, 4.69) is 76.4 Å². The van der Waals surface area contributed by atoms with Gasteiger partial charge in [0.25, 0.3) is 0 Å². The van der Waals surface area contributed by atoms with Crippen molar-refractivity contribution in [2.24, 2.45) is 0 Å². The predicted molar refractivity (Wildman–Crippen MR) is 117 cm³/mol. The highest BCUT2D eigenvalue weighted by atomic mass is 35.5. The van der Waals surface area contributed by atoms with Crippen molar-refractivity contribution in [1.29, 1.82) is 0 Å². The number of likely N-dealkylation sites (tertiary alicyclic amines) is 1. The highest BCUT2D eigenvalue weighted by molar-refractivity contribution is 6.35. The molecule has 6 rings (SSSR count). The van der Waals surface area contributed by atoms with Crippen LogP contribution >= 0.6 is 11.6 Å². The quantitative estimate of drug-likeness (QED) is 0.615. The van der Waals surface area contributed by atoms with E-state index in [-0.39, 0.29) is 0 Å². The van der Waals surface area contributed by atoms with Gasteiger partial charge >= 0.3 is 0 Å². The van der Waals surface area contributed by atoms with E-state index in [0.29, 0.717) is 12.1 Å². The summed E-state index contributed by atoms with van der Waals surface area (Å²) in [6, 6.07) is 20.6. The van der Waals surface area contributed by atoms with Crippen LogP contribution in [0.4, 0.5) is 11.4 Å². The average molecular weight is 389 g/mol. The lowest BCUT2D eigenvalue weighted by molar-refractivity contribution is 0.155. The van der Waals surface area contributed by atoms with E-state index in [1.165, 1.54) is 46.1 Å². The zero-order valence-electron chi connectivity index (χ0n) is 15.7. The molecule has 3 aromatic carbocycles. The Hall–Kier alpha value is -2.23. The van der Waals surface area contributed by atoms with Gasteiger partial charge in [-0.2, -0.15) is 0 Å². The van der Waals surface area contributed by atoms with Crippen molar-refractivity contribution in [3.8, 4) is 0 Å². The molecule has 2 aliphatic heterocycles. The Morgan fingerprint density at radius 1 is 0.929 bits per heavy atom. The van der Waals surface area contributed by atoms with Crippen LogP contribution in [-0.4, -0.2) is 24.0 Å². The van der Waals surface area contributed by atoms with E-state index in [4.69, 9.17) is 11.6 Å². The third-order valence-electron chi connectivity index (χ3n) is 6.75. The number of nitrogens with zero attached hydrogens (tertiary/aromatic N) is 2. The number of piperidine rings is 1. The molecule has 0 amide bonds. The van der Waals surface area contributed by atoms with Gasteiger partial charge in [-0.1, -0.05) is 48.0 Å². The van der Waals surface area contributed by atoms with E-state index < -0.39 is 0 Å². The van der Waals surface area contributed by atoms with Gasteiger partial charge < -0.3 is 10.2 Å². The largest absolute Gasteiger partial charge is 0.360 e. The highest BCUT2D eigenvalue weighted by Gasteiger charge is 2.35. The van der Waals surface area contributed by atoms with Crippen LogP contribution in [0.3, 0.4) is 0 Å². The molecular formula is C24H23ClN3. The van der Waals surface area contributed by atoms with Gasteiger partial charge in [0.1, 0.15) is 6.67 Å². The Labute approximate surface area is 170 Å². The minimum Gasteiger partial charge on any atom is -0.360 e. The van der Waals surface area contributed by atoms with Gasteiger partial charge in [0.2, 0.25) is 0 Å². The number of benzene rings is 3. The molecule has 0 saturated carbocycles. The topological polar surface area (TPSA) is 18.5 Å². The SMILES string of the molecule is Clc1ccc2c3c(cccc13)C(N1CCC(N3[CH]Nc4ccccc43)CC1)C2. The van der Waals surface area contributed by atoms with Crippen molar-refractivity contribution >= 4 is 33.7 Å². The monoisotopic (exact) mass is 388 g/mol. The molecule has 1 N–H and O–H groups in total. The van der Waals surface area contributed by atoms with Crippen LogP contribution in [0, 0.1) is 6.67 Å². The summed E-state index contributed by atoms with van der Waals surface area (Å²) in [5, 5.41) is 6.90. The standard InChI is InChI=1S/C24H23ClN3/c25-20-9-8-16-14-23(19-5-3-4-18(20)24(16)19)27-12-10-17(11-13-27)28-15-26-21-6-1-2-7-22(21)28/h1-9,15,17,23,26H,10-14H2. The van der Waals surface area contributed by atoms with E-state index in [9.17, 15) is 0 Å². The number of rotatable bonds is 2. The molecule has 0 aromatic heterocycles. The Morgan fingerprint density at radius 2 is 1.79 bits per heavy atom. The zero-order chi connectivity index (χ0) is 18.7. The fourth-order valence-electron chi connectivity index (χ4n) is 5.37. The number of hydrogen-bond acceptors (Lipinski definition) is 3. The molecule has 3 aromatic rings. The lowest BCUT2D eigenvalue weighted by Crippen LogP contribution is -2.44. The maximum absolute atomic E-state index is 6.47. The molecule has 1 atom stereocenters. The summed E-state index contributed by atoms with van der Waals surface area (Å²) >= 11 is 6.47. The van der Waals surface area contributed by atoms with Crippen molar-refractivity contribution in [1.82, 2.24) is 4.90 Å². The molecule has 1 radical (unpaired) electrons. The van der Waals surface area contributed by atoms with Gasteiger partial charge in [-0.25, -0.2) is 0 Å². The zero-order valence-corrected chi connectivity index (χ0v) is 16.5. The Bertz CT molecular complexity index is 1050. The fraction of sp³-hybridized carbons (Fsp3) is 0.292. The summed E-state index contributed by atoms with van der Waals surface area (Å²) in [6.45, 7) is 4.43. The van der Waals surface area contributed by atoms with E-state index in [0.717, 1.165) is 24.5 Å². The Morgan fingerprint density at radius 3 is 2.68 bits per heavy atom. The minimum atomic E-state index is 0.492. The van der Waals surface area contributed by atoms with Gasteiger partial charge in [0.15, 0.2) is 0 Å². The molecule has 2 heterocycles. The molecule has 28 heavy (non-hydrogen) atoms. The molecule has 0 spiro atoms. The van der Waals surface area contributed by atoms with E-state index in [1.54, 1.807) is 0 Å². The van der Waals surface area contributed by atoms with Crippen molar-refractivity contribution < 1.29 is 0 Å². The Balaban J connectivity index is 1.22. The second-order valence-corrected chi connectivity index (χ2v) is 8.57. The van der Waals surface area contributed by atoms with Gasteiger partial charge in [-0.05, 0) is 54.0 Å². The Kier molecular flexibility index (Phi) is 3.82. The van der Waals surface area contributed by atoms with E-state index in [1.807, 2.05) is 0 Å². The summed E-state index contributed by atoms with van der Waals surface area (Å²) in [5.74, 6) is 0. The first kappa shape index (κ1) is 16.7. The average Bonchev–Trinajstić information content (AvgIpc) is 3.34. The van der Waals surface area contributed by atoms with Gasteiger partial charge in [-0.3, -0.25) is 4.90 Å². The second kappa shape index (κ2) is 6.40. The lowest BCUT2D eigenvalue weighted by Gasteiger charge is -2.40. The first-order chi connectivity index (χ1) is 13.8. The normalized spacial score (nSPS) is 21.9. The summed E-state index contributed by atoms with van der Waals surface area (Å²) in [7, 11) is 0. The number of fused-ring (bicyclic) bond motifs is 1. The molecule has 1 fully saturated rings. The molecule has 141 valence electrons. The van der Waals surface area contributed by atoms with Crippen molar-refractivity contribution in [2.75, 3.05) is 23.3 Å². The highest BCUT2D eigenvalue weighted by Crippen LogP contribution is 2.44. The van der Waals surface area contributed by atoms with Crippen LogP contribution in [0.5, 0.6) is 0 Å². The lowest BCUT2D eigenvalue weighted by atomic mass is 9.98. The third-order valence-corrected chi connectivity index (χ3v) is 7.08. The number of halogens is 1. The van der Waals surface area contributed by atoms with E-state index >= 15 is 0 Å². The van der Waals surface area contributed by atoms with Gasteiger partial charge in [0.05, 0.1) is 11.4 Å². The van der Waals surface area contributed by atoms with Gasteiger partial charge in [-0.15, -0.1) is 0 Å². The molecule has 4 heteroatoms. The predicted octanol–water partition coefficient (Wildman–Crippen LogP) is 5.61. The van der Waals surface area contributed by atoms with Crippen LogP contribution in [0.15, 0.2) is 54.6 Å². The molecule has 1 saturated heterocycles. The van der Waals surface area contributed by atoms with Gasteiger partial charge in [0, 0.05) is 35.6 Å². The minimum absolute atomic E-state index is 0.492. The second-order valence-electron chi connectivity index (χ2n) is 8.16. The van der Waals surface area contributed by atoms with Crippen molar-refractivity contribution in [2.45, 2.75) is 31.3 Å². The maximum atomic E-state index is 6.47. The third kappa shape index (κ3) is 2.46. The van der Waals surface area contributed by atoms with Crippen molar-refractivity contribution in [3.63, 3.8) is 0 Å². The van der Waals surface area contributed by atoms with Crippen molar-refractivity contribution in [3.05, 3.63) is 77.4 Å². The molecule has 1 unspecified atom stereocenters. The van der Waals surface area contributed by atoms with Crippen LogP contribution in [0.1, 0.15) is 30.0 Å². The number of nitrogens with one attached hydrogen (secondary N) is 1. The number of anilines is 2. The number of para-hydroxylation sites is 2. The first-order valence-corrected chi connectivity index (χ1v) is 10.6. The smallest absolute Gasteiger partial charge is 0.139 e. The summed E-state index contributed by atoms with van der Waals surface area (Å²) < 4.78 is 0. The first-order valence-electron chi connectivity index (χ1n) is 10.2. The van der Waals surface area contributed by atoms with Crippen LogP contribution < -0.4 is 10.2 Å². The molecule has 3 aliphatic rings. The molecule has 0 bridgehead atoms. The van der Waals surface area contributed by atoms with Crippen LogP contribution in [0.25, 0.3) is 10.8 Å². The molecule has 3 nitrogen and oxygen atoms in total. The van der Waals surface area contributed by atoms with Crippen LogP contribution in [0.2, 0.25) is 5.02 Å². The maximum Gasteiger partial charge on any atom is 0.139 e. The summed E-state index contributed by atoms with van der Waals surface area (Å²) in [4.78, 5) is 5.13. The molecule has 1 aliphatic carbocycles. The molecular weight excluding hydrogens is 366 g/mol. The number of hydrogen-bond donors (Lipinski definition) is 1. The summed E-state index contributed by atoms with van der Waals surface area (Å²) in [6.07, 6.45) is 3.49. The van der Waals surface area contributed by atoms with Crippen LogP contribution in [-0.2, 0) is 6.42 Å². The summed E-state index contributed by atoms with van der Waals surface area (Å²) in [5.41, 5.74) is 5.45. The fourth-order valence-corrected chi connectivity index (χ4v) is 5.59.